The summed E-state index contributed by atoms with van der Waals surface area (Å²) >= 11 is 1.52. The van der Waals surface area contributed by atoms with Crippen LogP contribution in [0.2, 0.25) is 0 Å². The maximum Gasteiger partial charge on any atom is 0.326 e. The number of carbonyl (C=O) groups excluding carboxylic acids is 1. The topological polar surface area (TPSA) is 96.9 Å². The molecule has 0 bridgehead atoms. The first-order valence-electron chi connectivity index (χ1n) is 6.52. The molecule has 1 atom stereocenters. The number of ether oxygens (including phenoxy) is 2. The number of benzene rings is 1. The largest absolute Gasteiger partial charge is 0.497 e. The van der Waals surface area contributed by atoms with E-state index in [9.17, 15) is 9.59 Å². The first-order chi connectivity index (χ1) is 10.5. The van der Waals surface area contributed by atoms with Gasteiger partial charge < -0.3 is 25.2 Å². The Morgan fingerprint density at radius 2 is 1.82 bits per heavy atom. The number of carboxylic acids is 1. The smallest absolute Gasteiger partial charge is 0.326 e. The summed E-state index contributed by atoms with van der Waals surface area (Å²) in [4.78, 5) is 23.0. The normalized spacial score (nSPS) is 11.4. The summed E-state index contributed by atoms with van der Waals surface area (Å²) in [6.07, 6.45) is 2.23. The molecule has 1 rings (SSSR count). The van der Waals surface area contributed by atoms with E-state index in [1.807, 2.05) is 6.26 Å². The molecule has 0 unspecified atom stereocenters. The van der Waals surface area contributed by atoms with Crippen LogP contribution in [0.1, 0.15) is 6.42 Å². The van der Waals surface area contributed by atoms with Gasteiger partial charge in [-0.25, -0.2) is 9.59 Å². The molecule has 2 amide bonds. The fraction of sp³-hybridized carbons (Fsp3) is 0.429. The van der Waals surface area contributed by atoms with E-state index < -0.39 is 18.0 Å². The third kappa shape index (κ3) is 5.72. The molecule has 0 fully saturated rings. The molecular weight excluding hydrogens is 308 g/mol. The van der Waals surface area contributed by atoms with E-state index in [4.69, 9.17) is 14.6 Å². The minimum absolute atomic E-state index is 0.353. The van der Waals surface area contributed by atoms with Crippen LogP contribution < -0.4 is 20.1 Å². The summed E-state index contributed by atoms with van der Waals surface area (Å²) in [5.41, 5.74) is 0.447. The van der Waals surface area contributed by atoms with Crippen molar-refractivity contribution in [3.8, 4) is 11.5 Å². The Balaban J connectivity index is 2.72. The zero-order chi connectivity index (χ0) is 16.5. The van der Waals surface area contributed by atoms with E-state index in [0.717, 1.165) is 0 Å². The molecular formula is C14H20N2O5S. The van der Waals surface area contributed by atoms with E-state index in [1.54, 1.807) is 18.2 Å². The number of carbonyl (C=O) groups is 2. The van der Waals surface area contributed by atoms with Crippen molar-refractivity contribution in [1.82, 2.24) is 5.32 Å². The molecule has 3 N–H and O–H groups in total. The van der Waals surface area contributed by atoms with Crippen molar-refractivity contribution in [2.24, 2.45) is 0 Å². The Morgan fingerprint density at radius 1 is 1.23 bits per heavy atom. The zero-order valence-corrected chi connectivity index (χ0v) is 13.5. The highest BCUT2D eigenvalue weighted by molar-refractivity contribution is 7.98. The van der Waals surface area contributed by atoms with Crippen LogP contribution in [0.5, 0.6) is 11.5 Å². The number of anilines is 1. The van der Waals surface area contributed by atoms with E-state index >= 15 is 0 Å². The fourth-order valence-corrected chi connectivity index (χ4v) is 2.17. The number of rotatable bonds is 8. The second kappa shape index (κ2) is 9.04. The molecule has 8 heteroatoms. The van der Waals surface area contributed by atoms with Gasteiger partial charge in [0.1, 0.15) is 17.5 Å². The molecule has 0 aliphatic heterocycles. The van der Waals surface area contributed by atoms with Crippen LogP contribution in [-0.2, 0) is 4.79 Å². The third-order valence-corrected chi connectivity index (χ3v) is 3.47. The summed E-state index contributed by atoms with van der Waals surface area (Å²) in [5.74, 6) is 0.621. The second-order valence-corrected chi connectivity index (χ2v) is 5.36. The Labute approximate surface area is 133 Å². The Hall–Kier alpha value is -2.09. The third-order valence-electron chi connectivity index (χ3n) is 2.82. The van der Waals surface area contributed by atoms with Crippen molar-refractivity contribution in [1.29, 1.82) is 0 Å². The molecule has 0 spiro atoms. The van der Waals surface area contributed by atoms with Crippen LogP contribution in [0.25, 0.3) is 0 Å². The van der Waals surface area contributed by atoms with Crippen LogP contribution >= 0.6 is 11.8 Å². The maximum absolute atomic E-state index is 11.9. The van der Waals surface area contributed by atoms with E-state index in [1.165, 1.54) is 26.0 Å². The van der Waals surface area contributed by atoms with Crippen molar-refractivity contribution < 1.29 is 24.2 Å². The van der Waals surface area contributed by atoms with Crippen LogP contribution in [0, 0.1) is 0 Å². The van der Waals surface area contributed by atoms with Crippen molar-refractivity contribution in [2.75, 3.05) is 31.5 Å². The van der Waals surface area contributed by atoms with Crippen LogP contribution in [0.3, 0.4) is 0 Å². The predicted molar refractivity (Wildman–Crippen MR) is 86.1 cm³/mol. The standard InChI is InChI=1S/C14H20N2O5S/c1-20-10-6-9(7-11(8-10)21-2)15-14(19)16-12(13(17)18)4-5-22-3/h6-8,12H,4-5H2,1-3H3,(H,17,18)(H2,15,16,19)/t12-/m0/s1. The van der Waals surface area contributed by atoms with E-state index in [0.29, 0.717) is 29.4 Å². The van der Waals surface area contributed by atoms with Gasteiger partial charge in [0.25, 0.3) is 0 Å². The van der Waals surface area contributed by atoms with Crippen molar-refractivity contribution in [3.63, 3.8) is 0 Å². The van der Waals surface area contributed by atoms with Crippen LogP contribution in [0.4, 0.5) is 10.5 Å². The van der Waals surface area contributed by atoms with Gasteiger partial charge in [-0.1, -0.05) is 0 Å². The quantitative estimate of drug-likeness (QED) is 0.675. The van der Waals surface area contributed by atoms with Crippen molar-refractivity contribution >= 4 is 29.4 Å². The molecule has 0 radical (unpaired) electrons. The molecule has 0 saturated heterocycles. The number of nitrogens with one attached hydrogen (secondary N) is 2. The van der Waals surface area contributed by atoms with Gasteiger partial charge in [-0.05, 0) is 18.4 Å². The summed E-state index contributed by atoms with van der Waals surface area (Å²) in [5, 5.41) is 14.1. The molecule has 0 saturated carbocycles. The number of amides is 2. The number of methoxy groups -OCH3 is 2. The molecule has 1 aromatic carbocycles. The van der Waals surface area contributed by atoms with Gasteiger partial charge in [0.15, 0.2) is 0 Å². The Bertz CT molecular complexity index is 502. The summed E-state index contributed by atoms with van der Waals surface area (Å²) in [6.45, 7) is 0. The number of aliphatic carboxylic acids is 1. The first-order valence-corrected chi connectivity index (χ1v) is 7.92. The Morgan fingerprint density at radius 3 is 2.27 bits per heavy atom. The number of hydrogen-bond donors (Lipinski definition) is 3. The predicted octanol–water partition coefficient (Wildman–Crippen LogP) is 2.03. The average Bonchev–Trinajstić information content (AvgIpc) is 2.50. The molecule has 0 aliphatic rings. The molecule has 0 aromatic heterocycles. The molecule has 0 aliphatic carbocycles. The molecule has 22 heavy (non-hydrogen) atoms. The lowest BCUT2D eigenvalue weighted by Gasteiger charge is -2.15. The zero-order valence-electron chi connectivity index (χ0n) is 12.7. The van der Waals surface area contributed by atoms with E-state index in [2.05, 4.69) is 10.6 Å². The van der Waals surface area contributed by atoms with Gasteiger partial charge in [-0.3, -0.25) is 0 Å². The summed E-state index contributed by atoms with van der Waals surface area (Å²) in [6, 6.07) is 3.37. The number of carboxylic acid groups (broad SMARTS) is 1. The SMILES string of the molecule is COc1cc(NC(=O)N[C@@H](CCSC)C(=O)O)cc(OC)c1. The molecule has 1 aromatic rings. The Kier molecular flexibility index (Phi) is 7.38. The fourth-order valence-electron chi connectivity index (χ4n) is 1.70. The maximum atomic E-state index is 11.9. The van der Waals surface area contributed by atoms with Gasteiger partial charge in [0.2, 0.25) is 0 Å². The lowest BCUT2D eigenvalue weighted by Crippen LogP contribution is -2.43. The highest BCUT2D eigenvalue weighted by Crippen LogP contribution is 2.25. The molecule has 0 heterocycles. The van der Waals surface area contributed by atoms with Crippen LogP contribution in [0.15, 0.2) is 18.2 Å². The van der Waals surface area contributed by atoms with Crippen molar-refractivity contribution in [3.05, 3.63) is 18.2 Å². The minimum Gasteiger partial charge on any atom is -0.497 e. The van der Waals surface area contributed by atoms with Gasteiger partial charge in [0.05, 0.1) is 14.2 Å². The van der Waals surface area contributed by atoms with Crippen molar-refractivity contribution in [2.45, 2.75) is 12.5 Å². The van der Waals surface area contributed by atoms with Crippen LogP contribution in [-0.4, -0.2) is 49.4 Å². The molecule has 7 nitrogen and oxygen atoms in total. The number of hydrogen-bond acceptors (Lipinski definition) is 5. The average molecular weight is 328 g/mol. The lowest BCUT2D eigenvalue weighted by molar-refractivity contribution is -0.139. The molecule has 122 valence electrons. The van der Waals surface area contributed by atoms with Gasteiger partial charge >= 0.3 is 12.0 Å². The van der Waals surface area contributed by atoms with Gasteiger partial charge in [0, 0.05) is 23.9 Å². The first kappa shape index (κ1) is 18.0. The summed E-state index contributed by atoms with van der Waals surface area (Å²) < 4.78 is 10.2. The monoisotopic (exact) mass is 328 g/mol. The minimum atomic E-state index is -1.06. The lowest BCUT2D eigenvalue weighted by atomic mass is 10.2. The second-order valence-electron chi connectivity index (χ2n) is 4.37. The summed E-state index contributed by atoms with van der Waals surface area (Å²) in [7, 11) is 3.00. The van der Waals surface area contributed by atoms with Gasteiger partial charge in [-0.2, -0.15) is 11.8 Å². The number of urea groups is 1. The highest BCUT2D eigenvalue weighted by Gasteiger charge is 2.19. The number of thioether (sulfide) groups is 1. The van der Waals surface area contributed by atoms with E-state index in [-0.39, 0.29) is 0 Å². The highest BCUT2D eigenvalue weighted by atomic mass is 32.2. The van der Waals surface area contributed by atoms with Gasteiger partial charge in [-0.15, -0.1) is 0 Å².